The van der Waals surface area contributed by atoms with Gasteiger partial charge in [-0.3, -0.25) is 9.20 Å². The Hall–Kier alpha value is -3.11. The molecular weight excluding hydrogens is 377 g/mol. The van der Waals surface area contributed by atoms with E-state index in [1.54, 1.807) is 25.3 Å². The van der Waals surface area contributed by atoms with Crippen molar-refractivity contribution in [3.8, 4) is 0 Å². The van der Waals surface area contributed by atoms with Crippen LogP contribution in [0.4, 0.5) is 4.39 Å². The molecule has 0 fully saturated rings. The van der Waals surface area contributed by atoms with Crippen LogP contribution in [0.25, 0.3) is 5.65 Å². The summed E-state index contributed by atoms with van der Waals surface area (Å²) in [4.78, 5) is 28.1. The van der Waals surface area contributed by atoms with E-state index < -0.39 is 38.9 Å². The largest absolute Gasteiger partial charge is 0.455 e. The van der Waals surface area contributed by atoms with Gasteiger partial charge in [-0.15, -0.1) is 0 Å². The molecular formula is C17H14FN3O5S. The Bertz CT molecular complexity index is 1220. The number of carbonyl (C=O) groups excluding carboxylic acids is 1. The molecule has 0 saturated carbocycles. The molecule has 0 unspecified atom stereocenters. The molecule has 0 radical (unpaired) electrons. The van der Waals surface area contributed by atoms with Gasteiger partial charge < -0.3 is 4.74 Å². The molecule has 0 spiro atoms. The molecule has 2 N–H and O–H groups in total. The van der Waals surface area contributed by atoms with Crippen LogP contribution in [-0.4, -0.2) is 23.8 Å². The van der Waals surface area contributed by atoms with E-state index in [0.717, 1.165) is 23.8 Å². The number of ether oxygens (including phenoxy) is 1. The summed E-state index contributed by atoms with van der Waals surface area (Å²) in [5, 5.41) is 4.98. The van der Waals surface area contributed by atoms with Crippen molar-refractivity contribution in [2.45, 2.75) is 18.4 Å². The van der Waals surface area contributed by atoms with Gasteiger partial charge in [0.25, 0.3) is 5.56 Å². The fourth-order valence-electron chi connectivity index (χ4n) is 2.44. The minimum Gasteiger partial charge on any atom is -0.455 e. The van der Waals surface area contributed by atoms with Gasteiger partial charge in [-0.2, -0.15) is 0 Å². The highest BCUT2D eigenvalue weighted by Crippen LogP contribution is 2.16. The third-order valence-corrected chi connectivity index (χ3v) is 4.69. The molecule has 0 bridgehead atoms. The van der Waals surface area contributed by atoms with E-state index in [1.165, 1.54) is 10.5 Å². The Morgan fingerprint density at radius 1 is 1.30 bits per heavy atom. The smallest absolute Gasteiger partial charge is 0.341 e. The van der Waals surface area contributed by atoms with Crippen LogP contribution in [0.3, 0.4) is 0 Å². The number of primary sulfonamides is 1. The molecule has 0 aliphatic carbocycles. The molecule has 0 aliphatic heterocycles. The molecule has 3 aromatic rings. The summed E-state index contributed by atoms with van der Waals surface area (Å²) >= 11 is 0. The van der Waals surface area contributed by atoms with Crippen molar-refractivity contribution in [2.24, 2.45) is 5.14 Å². The van der Waals surface area contributed by atoms with Gasteiger partial charge in [0.2, 0.25) is 10.0 Å². The van der Waals surface area contributed by atoms with E-state index >= 15 is 0 Å². The zero-order valence-electron chi connectivity index (χ0n) is 14.0. The number of rotatable bonds is 4. The van der Waals surface area contributed by atoms with Crippen molar-refractivity contribution in [3.63, 3.8) is 0 Å². The molecule has 10 heteroatoms. The molecule has 27 heavy (non-hydrogen) atoms. The number of aromatic nitrogens is 2. The van der Waals surface area contributed by atoms with Crippen LogP contribution in [0.1, 0.15) is 21.6 Å². The SMILES string of the molecule is Cc1cccn2c(=O)cc(COC(=O)c3cc(S(N)(=O)=O)ccc3F)nc12. The van der Waals surface area contributed by atoms with Gasteiger partial charge in [-0.05, 0) is 36.8 Å². The van der Waals surface area contributed by atoms with E-state index in [4.69, 9.17) is 9.88 Å². The Morgan fingerprint density at radius 2 is 2.04 bits per heavy atom. The Balaban J connectivity index is 1.87. The molecule has 0 aliphatic rings. The summed E-state index contributed by atoms with van der Waals surface area (Å²) in [6.07, 6.45) is 1.56. The number of benzene rings is 1. The summed E-state index contributed by atoms with van der Waals surface area (Å²) in [5.41, 5.74) is 0.367. The van der Waals surface area contributed by atoms with Gasteiger partial charge in [0.05, 0.1) is 16.2 Å². The summed E-state index contributed by atoms with van der Waals surface area (Å²) in [6.45, 7) is 1.38. The standard InChI is InChI=1S/C17H14FN3O5S/c1-10-3-2-6-21-15(22)7-11(20-16(10)21)9-26-17(23)13-8-12(27(19,24)25)4-5-14(13)18/h2-8H,9H2,1H3,(H2,19,24,25). The molecule has 8 nitrogen and oxygen atoms in total. The number of aryl methyl sites for hydroxylation is 1. The van der Waals surface area contributed by atoms with Crippen molar-refractivity contribution in [2.75, 3.05) is 0 Å². The molecule has 0 atom stereocenters. The van der Waals surface area contributed by atoms with Crippen molar-refractivity contribution < 1.29 is 22.3 Å². The Labute approximate surface area is 153 Å². The van der Waals surface area contributed by atoms with Crippen LogP contribution in [0, 0.1) is 12.7 Å². The first-order chi connectivity index (χ1) is 12.7. The van der Waals surface area contributed by atoms with E-state index in [9.17, 15) is 22.4 Å². The van der Waals surface area contributed by atoms with E-state index in [0.29, 0.717) is 5.65 Å². The van der Waals surface area contributed by atoms with Crippen molar-refractivity contribution in [3.05, 3.63) is 75.6 Å². The lowest BCUT2D eigenvalue weighted by molar-refractivity contribution is 0.0462. The van der Waals surface area contributed by atoms with Crippen LogP contribution in [0.15, 0.2) is 52.3 Å². The molecule has 3 rings (SSSR count). The van der Waals surface area contributed by atoms with Gasteiger partial charge >= 0.3 is 5.97 Å². The number of nitrogens with two attached hydrogens (primary N) is 1. The maximum atomic E-state index is 13.9. The number of fused-ring (bicyclic) bond motifs is 1. The molecule has 140 valence electrons. The lowest BCUT2D eigenvalue weighted by Crippen LogP contribution is -2.18. The number of hydrogen-bond donors (Lipinski definition) is 1. The van der Waals surface area contributed by atoms with Gasteiger partial charge in [-0.1, -0.05) is 6.07 Å². The zero-order valence-corrected chi connectivity index (χ0v) is 14.9. The number of esters is 1. The first-order valence-corrected chi connectivity index (χ1v) is 9.19. The van der Waals surface area contributed by atoms with E-state index in [2.05, 4.69) is 4.98 Å². The highest BCUT2D eigenvalue weighted by atomic mass is 32.2. The van der Waals surface area contributed by atoms with E-state index in [1.807, 2.05) is 0 Å². The van der Waals surface area contributed by atoms with Gasteiger partial charge in [0.1, 0.15) is 18.1 Å². The maximum absolute atomic E-state index is 13.9. The minimum absolute atomic E-state index is 0.172. The molecule has 2 heterocycles. The van der Waals surface area contributed by atoms with Crippen LogP contribution >= 0.6 is 0 Å². The zero-order chi connectivity index (χ0) is 19.8. The van der Waals surface area contributed by atoms with Crippen LogP contribution in [-0.2, 0) is 21.4 Å². The first kappa shape index (κ1) is 18.7. The second-order valence-electron chi connectivity index (χ2n) is 5.73. The second-order valence-corrected chi connectivity index (χ2v) is 7.29. The molecule has 1 aromatic carbocycles. The second kappa shape index (κ2) is 6.89. The van der Waals surface area contributed by atoms with Gasteiger partial charge in [-0.25, -0.2) is 27.7 Å². The maximum Gasteiger partial charge on any atom is 0.341 e. The number of pyridine rings is 1. The number of nitrogens with zero attached hydrogens (tertiary/aromatic N) is 2. The average molecular weight is 391 g/mol. The van der Waals surface area contributed by atoms with E-state index in [-0.39, 0.29) is 11.3 Å². The lowest BCUT2D eigenvalue weighted by atomic mass is 10.2. The van der Waals surface area contributed by atoms with Crippen LogP contribution in [0.5, 0.6) is 0 Å². The number of halogens is 1. The summed E-state index contributed by atoms with van der Waals surface area (Å²) in [5.74, 6) is -2.07. The molecule has 0 amide bonds. The topological polar surface area (TPSA) is 121 Å². The average Bonchev–Trinajstić information content (AvgIpc) is 2.60. The Morgan fingerprint density at radius 3 is 2.74 bits per heavy atom. The quantitative estimate of drug-likeness (QED) is 0.666. The number of sulfonamides is 1. The van der Waals surface area contributed by atoms with Crippen molar-refractivity contribution in [1.82, 2.24) is 9.38 Å². The normalized spacial score (nSPS) is 11.5. The Kier molecular flexibility index (Phi) is 4.77. The summed E-state index contributed by atoms with van der Waals surface area (Å²) in [6, 6.07) is 7.20. The lowest BCUT2D eigenvalue weighted by Gasteiger charge is -2.08. The monoisotopic (exact) mass is 391 g/mol. The predicted molar refractivity (Wildman–Crippen MR) is 93.1 cm³/mol. The van der Waals surface area contributed by atoms with Crippen molar-refractivity contribution in [1.29, 1.82) is 0 Å². The summed E-state index contributed by atoms with van der Waals surface area (Å²) < 4.78 is 42.9. The number of hydrogen-bond acceptors (Lipinski definition) is 6. The number of carbonyl (C=O) groups is 1. The highest BCUT2D eigenvalue weighted by Gasteiger charge is 2.18. The fraction of sp³-hybridized carbons (Fsp3) is 0.118. The van der Waals surface area contributed by atoms with Gasteiger partial charge in [0.15, 0.2) is 0 Å². The van der Waals surface area contributed by atoms with Crippen LogP contribution in [0.2, 0.25) is 0 Å². The fourth-order valence-corrected chi connectivity index (χ4v) is 2.98. The van der Waals surface area contributed by atoms with Crippen molar-refractivity contribution >= 4 is 21.6 Å². The molecule has 2 aromatic heterocycles. The first-order valence-electron chi connectivity index (χ1n) is 7.64. The highest BCUT2D eigenvalue weighted by molar-refractivity contribution is 7.89. The predicted octanol–water partition coefficient (Wildman–Crippen LogP) is 1.15. The molecule has 0 saturated heterocycles. The van der Waals surface area contributed by atoms with Crippen LogP contribution < -0.4 is 10.7 Å². The minimum atomic E-state index is -4.11. The third-order valence-electron chi connectivity index (χ3n) is 3.78. The third kappa shape index (κ3) is 3.86. The summed E-state index contributed by atoms with van der Waals surface area (Å²) in [7, 11) is -4.11. The van der Waals surface area contributed by atoms with Gasteiger partial charge in [0, 0.05) is 12.3 Å².